The van der Waals surface area contributed by atoms with Gasteiger partial charge in [0.25, 0.3) is 0 Å². The number of alkyl halides is 3. The molecule has 24 heavy (non-hydrogen) atoms. The summed E-state index contributed by atoms with van der Waals surface area (Å²) in [6.45, 7) is 0.844. The Morgan fingerprint density at radius 2 is 1.79 bits per heavy atom. The maximum atomic E-state index is 12.8. The van der Waals surface area contributed by atoms with Crippen LogP contribution in [-0.4, -0.2) is 38.3 Å². The number of hydrogen-bond donors (Lipinski definition) is 1. The number of halogens is 3. The topological polar surface area (TPSA) is 66.5 Å². The number of rotatable bonds is 2. The summed E-state index contributed by atoms with van der Waals surface area (Å²) >= 11 is 0. The van der Waals surface area contributed by atoms with Crippen molar-refractivity contribution in [3.05, 3.63) is 29.8 Å². The van der Waals surface area contributed by atoms with Gasteiger partial charge in [0.1, 0.15) is 0 Å². The van der Waals surface area contributed by atoms with E-state index in [0.717, 1.165) is 18.2 Å². The SMILES string of the molecule is O=C1NCCC12CCN(S(=O)(=O)c1cccc(C(F)(F)F)c1)CC2. The van der Waals surface area contributed by atoms with Crippen LogP contribution >= 0.6 is 0 Å². The van der Waals surface area contributed by atoms with E-state index < -0.39 is 27.2 Å². The van der Waals surface area contributed by atoms with Crippen LogP contribution in [0, 0.1) is 5.41 Å². The van der Waals surface area contributed by atoms with Crippen molar-refractivity contribution < 1.29 is 26.4 Å². The normalized spacial score (nSPS) is 21.9. The zero-order valence-electron chi connectivity index (χ0n) is 12.8. The number of hydrogen-bond acceptors (Lipinski definition) is 3. The lowest BCUT2D eigenvalue weighted by molar-refractivity contribution is -0.137. The molecule has 3 rings (SSSR count). The molecular weight excluding hydrogens is 345 g/mol. The molecule has 1 N–H and O–H groups in total. The summed E-state index contributed by atoms with van der Waals surface area (Å²) in [5.41, 5.74) is -1.52. The number of amides is 1. The molecule has 0 saturated carbocycles. The van der Waals surface area contributed by atoms with Gasteiger partial charge in [-0.2, -0.15) is 17.5 Å². The lowest BCUT2D eigenvalue weighted by Crippen LogP contribution is -2.46. The molecular formula is C15H17F3N2O3S. The molecule has 1 aromatic carbocycles. The first-order valence-corrected chi connectivity index (χ1v) is 9.05. The fourth-order valence-corrected chi connectivity index (χ4v) is 4.82. The highest BCUT2D eigenvalue weighted by Gasteiger charge is 2.46. The lowest BCUT2D eigenvalue weighted by Gasteiger charge is -2.36. The Bertz CT molecular complexity index is 753. The number of carbonyl (C=O) groups is 1. The molecule has 0 atom stereocenters. The zero-order valence-corrected chi connectivity index (χ0v) is 13.6. The second-order valence-corrected chi connectivity index (χ2v) is 8.15. The van der Waals surface area contributed by atoms with Gasteiger partial charge in [-0.25, -0.2) is 8.42 Å². The first kappa shape index (κ1) is 17.2. The van der Waals surface area contributed by atoms with Crippen molar-refractivity contribution in [1.82, 2.24) is 9.62 Å². The molecule has 5 nitrogen and oxygen atoms in total. The highest BCUT2D eigenvalue weighted by Crippen LogP contribution is 2.39. The minimum Gasteiger partial charge on any atom is -0.356 e. The molecule has 1 amide bonds. The average molecular weight is 362 g/mol. The highest BCUT2D eigenvalue weighted by molar-refractivity contribution is 7.89. The van der Waals surface area contributed by atoms with E-state index in [2.05, 4.69) is 5.32 Å². The molecule has 2 saturated heterocycles. The van der Waals surface area contributed by atoms with Crippen LogP contribution in [-0.2, 0) is 21.0 Å². The van der Waals surface area contributed by atoms with E-state index >= 15 is 0 Å². The third-order valence-corrected chi connectivity index (χ3v) is 6.74. The molecule has 2 heterocycles. The summed E-state index contributed by atoms with van der Waals surface area (Å²) in [7, 11) is -4.01. The quantitative estimate of drug-likeness (QED) is 0.875. The van der Waals surface area contributed by atoms with Gasteiger partial charge >= 0.3 is 6.18 Å². The van der Waals surface area contributed by atoms with Gasteiger partial charge in [-0.3, -0.25) is 4.79 Å². The van der Waals surface area contributed by atoms with Gasteiger partial charge < -0.3 is 5.32 Å². The summed E-state index contributed by atoms with van der Waals surface area (Å²) in [6, 6.07) is 3.75. The Balaban J connectivity index is 1.81. The van der Waals surface area contributed by atoms with E-state index in [1.807, 2.05) is 0 Å². The number of nitrogens with zero attached hydrogens (tertiary/aromatic N) is 1. The molecule has 2 fully saturated rings. The number of piperidine rings is 1. The zero-order chi connectivity index (χ0) is 17.6. The number of benzene rings is 1. The summed E-state index contributed by atoms with van der Waals surface area (Å²) in [5, 5.41) is 2.76. The fraction of sp³-hybridized carbons (Fsp3) is 0.533. The van der Waals surface area contributed by atoms with Crippen molar-refractivity contribution in [2.75, 3.05) is 19.6 Å². The van der Waals surface area contributed by atoms with Crippen molar-refractivity contribution in [1.29, 1.82) is 0 Å². The van der Waals surface area contributed by atoms with Gasteiger partial charge in [-0.15, -0.1) is 0 Å². The van der Waals surface area contributed by atoms with Crippen molar-refractivity contribution in [2.24, 2.45) is 5.41 Å². The molecule has 2 aliphatic rings. The van der Waals surface area contributed by atoms with E-state index in [0.29, 0.717) is 31.9 Å². The van der Waals surface area contributed by atoms with Crippen molar-refractivity contribution in [3.63, 3.8) is 0 Å². The van der Waals surface area contributed by atoms with Crippen LogP contribution in [0.4, 0.5) is 13.2 Å². The number of nitrogens with one attached hydrogen (secondary N) is 1. The molecule has 0 radical (unpaired) electrons. The van der Waals surface area contributed by atoms with Gasteiger partial charge in [-0.1, -0.05) is 6.07 Å². The standard InChI is InChI=1S/C15H17F3N2O3S/c16-15(17,18)11-2-1-3-12(10-11)24(22,23)20-8-5-14(6-9-20)4-7-19-13(14)21/h1-3,10H,4-9H2,(H,19,21). The maximum absolute atomic E-state index is 12.8. The second kappa shape index (κ2) is 5.73. The molecule has 132 valence electrons. The van der Waals surface area contributed by atoms with Gasteiger partial charge in [0.05, 0.1) is 15.9 Å². The Morgan fingerprint density at radius 1 is 1.12 bits per heavy atom. The van der Waals surface area contributed by atoms with Crippen molar-refractivity contribution in [2.45, 2.75) is 30.3 Å². The Labute approximate surface area is 137 Å². The molecule has 1 aromatic rings. The van der Waals surface area contributed by atoms with Crippen molar-refractivity contribution in [3.8, 4) is 0 Å². The third kappa shape index (κ3) is 2.90. The molecule has 9 heteroatoms. The van der Waals surface area contributed by atoms with Crippen LogP contribution in [0.5, 0.6) is 0 Å². The molecule has 2 aliphatic heterocycles. The third-order valence-electron chi connectivity index (χ3n) is 4.85. The monoisotopic (exact) mass is 362 g/mol. The smallest absolute Gasteiger partial charge is 0.356 e. The van der Waals surface area contributed by atoms with E-state index in [1.165, 1.54) is 4.31 Å². The summed E-state index contributed by atoms with van der Waals surface area (Å²) in [4.78, 5) is 11.6. The fourth-order valence-electron chi connectivity index (χ4n) is 3.33. The predicted octanol–water partition coefficient (Wildman–Crippen LogP) is 2.00. The number of sulfonamides is 1. The Morgan fingerprint density at radius 3 is 2.33 bits per heavy atom. The van der Waals surface area contributed by atoms with E-state index in [-0.39, 0.29) is 23.9 Å². The Hall–Kier alpha value is -1.61. The van der Waals surface area contributed by atoms with Crippen LogP contribution in [0.1, 0.15) is 24.8 Å². The van der Waals surface area contributed by atoms with Crippen LogP contribution in [0.3, 0.4) is 0 Å². The lowest BCUT2D eigenvalue weighted by atomic mass is 9.78. The van der Waals surface area contributed by atoms with E-state index in [4.69, 9.17) is 0 Å². The van der Waals surface area contributed by atoms with Crippen LogP contribution in [0.2, 0.25) is 0 Å². The van der Waals surface area contributed by atoms with Crippen LogP contribution in [0.15, 0.2) is 29.2 Å². The predicted molar refractivity (Wildman–Crippen MR) is 79.5 cm³/mol. The maximum Gasteiger partial charge on any atom is 0.416 e. The average Bonchev–Trinajstić information content (AvgIpc) is 2.88. The first-order valence-electron chi connectivity index (χ1n) is 7.61. The Kier molecular flexibility index (Phi) is 4.11. The van der Waals surface area contributed by atoms with Crippen LogP contribution < -0.4 is 5.32 Å². The van der Waals surface area contributed by atoms with E-state index in [9.17, 15) is 26.4 Å². The molecule has 0 aliphatic carbocycles. The first-order chi connectivity index (χ1) is 11.2. The minimum atomic E-state index is -4.60. The molecule has 0 aromatic heterocycles. The molecule has 0 unspecified atom stereocenters. The number of carbonyl (C=O) groups excluding carboxylic acids is 1. The second-order valence-electron chi connectivity index (χ2n) is 6.22. The molecule has 1 spiro atoms. The minimum absolute atomic E-state index is 0.0568. The largest absolute Gasteiger partial charge is 0.416 e. The van der Waals surface area contributed by atoms with Crippen molar-refractivity contribution >= 4 is 15.9 Å². The van der Waals surface area contributed by atoms with Gasteiger partial charge in [0, 0.05) is 19.6 Å². The summed E-state index contributed by atoms with van der Waals surface area (Å²) in [5.74, 6) is -0.0568. The van der Waals surface area contributed by atoms with Crippen LogP contribution in [0.25, 0.3) is 0 Å². The summed E-state index contributed by atoms with van der Waals surface area (Å²) < 4.78 is 64.8. The van der Waals surface area contributed by atoms with Gasteiger partial charge in [0.15, 0.2) is 0 Å². The molecule has 0 bridgehead atoms. The highest BCUT2D eigenvalue weighted by atomic mass is 32.2. The van der Waals surface area contributed by atoms with E-state index in [1.54, 1.807) is 0 Å². The van der Waals surface area contributed by atoms with Gasteiger partial charge in [0.2, 0.25) is 15.9 Å². The summed E-state index contributed by atoms with van der Waals surface area (Å²) in [6.07, 6.45) is -3.16. The van der Waals surface area contributed by atoms with Gasteiger partial charge in [-0.05, 0) is 37.5 Å².